The summed E-state index contributed by atoms with van der Waals surface area (Å²) in [4.78, 5) is 23.9. The van der Waals surface area contributed by atoms with E-state index in [0.717, 1.165) is 7.11 Å². The van der Waals surface area contributed by atoms with Gasteiger partial charge in [-0.15, -0.1) is 0 Å². The molecular weight excluding hydrogens is 324 g/mol. The largest absolute Gasteiger partial charge is 0.465 e. The molecule has 1 atom stereocenters. The van der Waals surface area contributed by atoms with E-state index in [1.165, 1.54) is 12.3 Å². The van der Waals surface area contributed by atoms with Crippen LogP contribution in [-0.2, 0) is 15.5 Å². The zero-order valence-corrected chi connectivity index (χ0v) is 13.1. The quantitative estimate of drug-likeness (QED) is 0.785. The van der Waals surface area contributed by atoms with Crippen LogP contribution in [0.1, 0.15) is 10.4 Å². The molecule has 1 aliphatic heterocycles. The normalized spacial score (nSPS) is 13.7. The van der Waals surface area contributed by atoms with Crippen molar-refractivity contribution in [2.45, 2.75) is 4.90 Å². The van der Waals surface area contributed by atoms with Gasteiger partial charge in [-0.05, 0) is 24.3 Å². The molecule has 0 saturated heterocycles. The maximum absolute atomic E-state index is 12.1. The summed E-state index contributed by atoms with van der Waals surface area (Å²) in [6, 6.07) is 6.38. The van der Waals surface area contributed by atoms with Crippen molar-refractivity contribution in [1.82, 2.24) is 0 Å². The fraction of sp³-hybridized carbons (Fsp3) is 0.200. The molecular formula is C15H12O7S. The molecule has 1 unspecified atom stereocenters. The zero-order chi connectivity index (χ0) is 16.6. The van der Waals surface area contributed by atoms with Crippen LogP contribution < -0.4 is 15.1 Å². The molecule has 2 aromatic rings. The molecule has 0 amide bonds. The van der Waals surface area contributed by atoms with Crippen molar-refractivity contribution in [1.29, 1.82) is 0 Å². The molecule has 0 aliphatic carbocycles. The molecule has 23 heavy (non-hydrogen) atoms. The summed E-state index contributed by atoms with van der Waals surface area (Å²) in [6.07, 6.45) is 1.37. The molecule has 0 N–H and O–H groups in total. The first-order valence-corrected chi connectivity index (χ1v) is 8.07. The second-order valence-electron chi connectivity index (χ2n) is 4.65. The number of hydrogen-bond donors (Lipinski definition) is 0. The summed E-state index contributed by atoms with van der Waals surface area (Å²) >= 11 is 0. The van der Waals surface area contributed by atoms with Crippen molar-refractivity contribution in [2.75, 3.05) is 20.2 Å². The number of esters is 1. The lowest BCUT2D eigenvalue weighted by Gasteiger charge is -2.07. The lowest BCUT2D eigenvalue weighted by Crippen LogP contribution is -2.19. The average Bonchev–Trinajstić information content (AvgIpc) is 3.00. The van der Waals surface area contributed by atoms with Crippen LogP contribution in [0.25, 0.3) is 11.3 Å². The Hall–Kier alpha value is -2.61. The van der Waals surface area contributed by atoms with Crippen molar-refractivity contribution < 1.29 is 27.6 Å². The van der Waals surface area contributed by atoms with E-state index in [-0.39, 0.29) is 23.0 Å². The van der Waals surface area contributed by atoms with E-state index in [4.69, 9.17) is 13.9 Å². The van der Waals surface area contributed by atoms with Crippen LogP contribution in [0.2, 0.25) is 0 Å². The second-order valence-corrected chi connectivity index (χ2v) is 6.00. The minimum Gasteiger partial charge on any atom is -0.465 e. The highest BCUT2D eigenvalue weighted by molar-refractivity contribution is 7.84. The highest BCUT2D eigenvalue weighted by Gasteiger charge is 2.23. The standard InChI is InChI=1S/C15H12O7S/c1-19-14(16)13-12(23(2)18)6-10(22-15(13)17)8-3-4-9-11(5-8)21-7-20-9/h3-6H,7H2,1-2H3. The molecule has 2 heterocycles. The first-order valence-electron chi connectivity index (χ1n) is 6.51. The molecule has 120 valence electrons. The first-order chi connectivity index (χ1) is 11.0. The number of rotatable bonds is 3. The third-order valence-electron chi connectivity index (χ3n) is 3.27. The van der Waals surface area contributed by atoms with Crippen molar-refractivity contribution >= 4 is 16.8 Å². The Kier molecular flexibility index (Phi) is 3.91. The van der Waals surface area contributed by atoms with Gasteiger partial charge in [0, 0.05) is 11.8 Å². The summed E-state index contributed by atoms with van der Waals surface area (Å²) in [7, 11) is -0.438. The van der Waals surface area contributed by atoms with Gasteiger partial charge in [-0.2, -0.15) is 0 Å². The van der Waals surface area contributed by atoms with Gasteiger partial charge in [-0.25, -0.2) is 9.59 Å². The maximum atomic E-state index is 12.1. The minimum absolute atomic E-state index is 0.0563. The average molecular weight is 336 g/mol. The summed E-state index contributed by atoms with van der Waals surface area (Å²) in [5.74, 6) is 0.385. The minimum atomic E-state index is -1.57. The Morgan fingerprint density at radius 1 is 1.22 bits per heavy atom. The Labute approximate surface area is 133 Å². The summed E-state index contributed by atoms with van der Waals surface area (Å²) in [5.41, 5.74) is -0.732. The van der Waals surface area contributed by atoms with Gasteiger partial charge >= 0.3 is 11.6 Å². The van der Waals surface area contributed by atoms with Crippen molar-refractivity contribution in [3.63, 3.8) is 0 Å². The van der Waals surface area contributed by atoms with E-state index in [1.807, 2.05) is 0 Å². The van der Waals surface area contributed by atoms with Gasteiger partial charge in [-0.1, -0.05) is 0 Å². The number of fused-ring (bicyclic) bond motifs is 1. The molecule has 0 spiro atoms. The zero-order valence-electron chi connectivity index (χ0n) is 12.3. The number of carbonyl (C=O) groups excluding carboxylic acids is 1. The van der Waals surface area contributed by atoms with Crippen molar-refractivity contribution in [2.24, 2.45) is 0 Å². The Morgan fingerprint density at radius 3 is 2.65 bits per heavy atom. The van der Waals surface area contributed by atoms with Crippen molar-refractivity contribution in [3.05, 3.63) is 40.2 Å². The topological polar surface area (TPSA) is 92.0 Å². The summed E-state index contributed by atoms with van der Waals surface area (Å²) in [5, 5.41) is 0. The van der Waals surface area contributed by atoms with Crippen LogP contribution in [0.3, 0.4) is 0 Å². The molecule has 7 nitrogen and oxygen atoms in total. The molecule has 0 fully saturated rings. The summed E-state index contributed by atoms with van der Waals surface area (Å²) in [6.45, 7) is 0.119. The van der Waals surface area contributed by atoms with Gasteiger partial charge < -0.3 is 18.6 Å². The lowest BCUT2D eigenvalue weighted by atomic mass is 10.1. The maximum Gasteiger partial charge on any atom is 0.352 e. The molecule has 1 aromatic heterocycles. The fourth-order valence-corrected chi connectivity index (χ4v) is 2.90. The number of benzene rings is 1. The number of ether oxygens (including phenoxy) is 3. The van der Waals surface area contributed by atoms with E-state index in [2.05, 4.69) is 4.74 Å². The van der Waals surface area contributed by atoms with Crippen LogP contribution in [0.4, 0.5) is 0 Å². The van der Waals surface area contributed by atoms with E-state index >= 15 is 0 Å². The van der Waals surface area contributed by atoms with Crippen LogP contribution in [0.15, 0.2) is 38.4 Å². The number of carbonyl (C=O) groups is 1. The van der Waals surface area contributed by atoms with Gasteiger partial charge in [0.05, 0.1) is 22.8 Å². The van der Waals surface area contributed by atoms with Crippen LogP contribution in [-0.4, -0.2) is 30.3 Å². The molecule has 1 aromatic carbocycles. The molecule has 0 saturated carbocycles. The summed E-state index contributed by atoms with van der Waals surface area (Å²) < 4.78 is 32.1. The van der Waals surface area contributed by atoms with Gasteiger partial charge in [0.1, 0.15) is 5.76 Å². The Bertz CT molecular complexity index is 869. The molecule has 8 heteroatoms. The molecule has 0 bridgehead atoms. The van der Waals surface area contributed by atoms with Crippen molar-refractivity contribution in [3.8, 4) is 22.8 Å². The van der Waals surface area contributed by atoms with Crippen LogP contribution in [0, 0.1) is 0 Å². The fourth-order valence-electron chi connectivity index (χ4n) is 2.18. The Balaban J connectivity index is 2.16. The van der Waals surface area contributed by atoms with Gasteiger partial charge in [0.2, 0.25) is 6.79 Å². The van der Waals surface area contributed by atoms with E-state index < -0.39 is 22.4 Å². The highest BCUT2D eigenvalue weighted by atomic mass is 32.2. The Morgan fingerprint density at radius 2 is 1.96 bits per heavy atom. The molecule has 3 rings (SSSR count). The SMILES string of the molecule is COC(=O)c1c(S(C)=O)cc(-c2ccc3c(c2)OCO3)oc1=O. The predicted octanol–water partition coefficient (Wildman–Crippen LogP) is 1.56. The highest BCUT2D eigenvalue weighted by Crippen LogP contribution is 2.36. The lowest BCUT2D eigenvalue weighted by molar-refractivity contribution is 0.0591. The molecule has 0 radical (unpaired) electrons. The molecule has 1 aliphatic rings. The van der Waals surface area contributed by atoms with Crippen LogP contribution in [0.5, 0.6) is 11.5 Å². The van der Waals surface area contributed by atoms with Gasteiger partial charge in [0.15, 0.2) is 17.1 Å². The van der Waals surface area contributed by atoms with Gasteiger partial charge in [0.25, 0.3) is 0 Å². The number of methoxy groups -OCH3 is 1. The first kappa shape index (κ1) is 15.3. The van der Waals surface area contributed by atoms with Gasteiger partial charge in [-0.3, -0.25) is 4.21 Å². The van der Waals surface area contributed by atoms with Crippen LogP contribution >= 0.6 is 0 Å². The number of hydrogen-bond acceptors (Lipinski definition) is 7. The monoisotopic (exact) mass is 336 g/mol. The third kappa shape index (κ3) is 2.72. The van der Waals surface area contributed by atoms with E-state index in [1.54, 1.807) is 18.2 Å². The third-order valence-corrected chi connectivity index (χ3v) is 4.21. The van der Waals surface area contributed by atoms with E-state index in [0.29, 0.717) is 17.1 Å². The predicted molar refractivity (Wildman–Crippen MR) is 80.2 cm³/mol. The van der Waals surface area contributed by atoms with E-state index in [9.17, 15) is 13.8 Å². The second kappa shape index (κ2) is 5.88. The smallest absolute Gasteiger partial charge is 0.352 e.